The van der Waals surface area contributed by atoms with Gasteiger partial charge in [0.1, 0.15) is 0 Å². The number of nitrogens with zero attached hydrogens (tertiary/aromatic N) is 2. The van der Waals surface area contributed by atoms with Crippen LogP contribution in [0.5, 0.6) is 0 Å². The SMILES string of the molecule is CS(=O)(=O)N1CCN(Cc2cccc(Cl)c2)[C@H]2CS(=O)(=O)C[C@H]21. The van der Waals surface area contributed by atoms with Crippen molar-refractivity contribution in [2.75, 3.05) is 30.9 Å². The normalized spacial score (nSPS) is 28.6. The third-order valence-electron chi connectivity index (χ3n) is 4.44. The van der Waals surface area contributed by atoms with Gasteiger partial charge in [-0.1, -0.05) is 23.7 Å². The lowest BCUT2D eigenvalue weighted by molar-refractivity contribution is 0.0895. The Kier molecular flexibility index (Phi) is 4.48. The highest BCUT2D eigenvalue weighted by atomic mass is 35.5. The van der Waals surface area contributed by atoms with Crippen LogP contribution < -0.4 is 0 Å². The smallest absolute Gasteiger partial charge is 0.211 e. The second kappa shape index (κ2) is 6.00. The molecule has 2 saturated heterocycles. The van der Waals surface area contributed by atoms with Gasteiger partial charge < -0.3 is 0 Å². The highest BCUT2D eigenvalue weighted by Gasteiger charge is 2.49. The van der Waals surface area contributed by atoms with Crippen LogP contribution in [0.1, 0.15) is 5.56 Å². The molecule has 0 N–H and O–H groups in total. The van der Waals surface area contributed by atoms with Gasteiger partial charge in [-0.05, 0) is 17.7 Å². The van der Waals surface area contributed by atoms with Gasteiger partial charge in [-0.3, -0.25) is 4.90 Å². The van der Waals surface area contributed by atoms with Gasteiger partial charge in [-0.25, -0.2) is 16.8 Å². The summed E-state index contributed by atoms with van der Waals surface area (Å²) in [5.41, 5.74) is 0.994. The van der Waals surface area contributed by atoms with Crippen LogP contribution in [-0.4, -0.2) is 69.0 Å². The van der Waals surface area contributed by atoms with Crippen molar-refractivity contribution in [1.82, 2.24) is 9.21 Å². The summed E-state index contributed by atoms with van der Waals surface area (Å²) in [6, 6.07) is 6.63. The number of fused-ring (bicyclic) bond motifs is 1. The van der Waals surface area contributed by atoms with Crippen LogP contribution >= 0.6 is 11.6 Å². The van der Waals surface area contributed by atoms with Gasteiger partial charge in [0.05, 0.1) is 23.8 Å². The molecule has 0 amide bonds. The van der Waals surface area contributed by atoms with Crippen molar-refractivity contribution < 1.29 is 16.8 Å². The van der Waals surface area contributed by atoms with E-state index >= 15 is 0 Å². The fourth-order valence-electron chi connectivity index (χ4n) is 3.47. The van der Waals surface area contributed by atoms with Crippen molar-refractivity contribution in [3.8, 4) is 0 Å². The molecule has 9 heteroatoms. The van der Waals surface area contributed by atoms with Crippen LogP contribution in [0.3, 0.4) is 0 Å². The summed E-state index contributed by atoms with van der Waals surface area (Å²) in [6.45, 7) is 1.39. The first-order chi connectivity index (χ1) is 10.7. The van der Waals surface area contributed by atoms with E-state index in [1.807, 2.05) is 18.2 Å². The van der Waals surface area contributed by atoms with Crippen molar-refractivity contribution in [3.05, 3.63) is 34.9 Å². The zero-order valence-corrected chi connectivity index (χ0v) is 15.1. The van der Waals surface area contributed by atoms with E-state index in [0.29, 0.717) is 24.7 Å². The molecule has 1 aromatic rings. The molecular weight excluding hydrogens is 360 g/mol. The van der Waals surface area contributed by atoms with Crippen LogP contribution in [0.15, 0.2) is 24.3 Å². The number of benzene rings is 1. The fraction of sp³-hybridized carbons (Fsp3) is 0.571. The summed E-state index contributed by atoms with van der Waals surface area (Å²) >= 11 is 6.00. The maximum Gasteiger partial charge on any atom is 0.211 e. The molecule has 0 spiro atoms. The molecule has 2 atom stereocenters. The zero-order valence-electron chi connectivity index (χ0n) is 12.7. The zero-order chi connectivity index (χ0) is 16.8. The van der Waals surface area contributed by atoms with Gasteiger partial charge in [0.2, 0.25) is 10.0 Å². The average molecular weight is 379 g/mol. The number of rotatable bonds is 3. The van der Waals surface area contributed by atoms with Crippen LogP contribution in [0.25, 0.3) is 0 Å². The van der Waals surface area contributed by atoms with Crippen molar-refractivity contribution in [2.45, 2.75) is 18.6 Å². The summed E-state index contributed by atoms with van der Waals surface area (Å²) in [5.74, 6) is -0.0962. The third-order valence-corrected chi connectivity index (χ3v) is 7.68. The highest BCUT2D eigenvalue weighted by Crippen LogP contribution is 2.29. The van der Waals surface area contributed by atoms with Crippen molar-refractivity contribution in [2.24, 2.45) is 0 Å². The standard InChI is InChI=1S/C14H19ClN2O4S2/c1-22(18,19)17-6-5-16(8-11-3-2-4-12(15)7-11)13-9-23(20,21)10-14(13)17/h2-4,7,13-14H,5-6,8-10H2,1H3/t13-,14+/m0/s1. The maximum atomic E-state index is 12.1. The lowest BCUT2D eigenvalue weighted by Crippen LogP contribution is -2.59. The van der Waals surface area contributed by atoms with Gasteiger partial charge in [0, 0.05) is 30.7 Å². The molecule has 0 saturated carbocycles. The first-order valence-electron chi connectivity index (χ1n) is 7.31. The Morgan fingerprint density at radius 2 is 1.91 bits per heavy atom. The summed E-state index contributed by atoms with van der Waals surface area (Å²) in [6.07, 6.45) is 1.14. The van der Waals surface area contributed by atoms with Crippen LogP contribution in [-0.2, 0) is 26.4 Å². The van der Waals surface area contributed by atoms with E-state index in [1.54, 1.807) is 6.07 Å². The Morgan fingerprint density at radius 1 is 1.22 bits per heavy atom. The van der Waals surface area contributed by atoms with Gasteiger partial charge in [-0.2, -0.15) is 4.31 Å². The number of sulfonamides is 1. The predicted octanol–water partition coefficient (Wildman–Crippen LogP) is 0.583. The Hall–Kier alpha value is -0.670. The summed E-state index contributed by atoms with van der Waals surface area (Å²) in [4.78, 5) is 2.06. The molecule has 23 heavy (non-hydrogen) atoms. The molecule has 2 aliphatic heterocycles. The van der Waals surface area contributed by atoms with E-state index < -0.39 is 25.9 Å². The second-order valence-electron chi connectivity index (χ2n) is 6.19. The number of piperazine rings is 1. The van der Waals surface area contributed by atoms with E-state index in [4.69, 9.17) is 11.6 Å². The van der Waals surface area contributed by atoms with Crippen LogP contribution in [0.4, 0.5) is 0 Å². The first kappa shape index (κ1) is 17.2. The number of hydrogen-bond donors (Lipinski definition) is 0. The largest absolute Gasteiger partial charge is 0.292 e. The molecule has 3 rings (SSSR count). The van der Waals surface area contributed by atoms with Gasteiger partial charge >= 0.3 is 0 Å². The minimum Gasteiger partial charge on any atom is -0.292 e. The third kappa shape index (κ3) is 3.71. The molecule has 0 aliphatic carbocycles. The lowest BCUT2D eigenvalue weighted by Gasteiger charge is -2.42. The molecule has 2 heterocycles. The monoisotopic (exact) mass is 378 g/mol. The van der Waals surface area contributed by atoms with E-state index in [9.17, 15) is 16.8 Å². The number of sulfone groups is 1. The average Bonchev–Trinajstić information content (AvgIpc) is 2.73. The molecule has 6 nitrogen and oxygen atoms in total. The minimum absolute atomic E-state index is 0.00422. The Labute approximate surface area is 142 Å². The lowest BCUT2D eigenvalue weighted by atomic mass is 10.1. The Balaban J connectivity index is 1.87. The topological polar surface area (TPSA) is 74.8 Å². The first-order valence-corrected chi connectivity index (χ1v) is 11.4. The molecule has 0 bridgehead atoms. The quantitative estimate of drug-likeness (QED) is 0.769. The minimum atomic E-state index is -3.41. The van der Waals surface area contributed by atoms with Gasteiger partial charge in [0.15, 0.2) is 9.84 Å². The second-order valence-corrected chi connectivity index (χ2v) is 10.7. The van der Waals surface area contributed by atoms with Gasteiger partial charge in [-0.15, -0.1) is 0 Å². The number of hydrogen-bond acceptors (Lipinski definition) is 5. The predicted molar refractivity (Wildman–Crippen MR) is 89.6 cm³/mol. The summed E-state index contributed by atoms with van der Waals surface area (Å²) in [7, 11) is -6.64. The van der Waals surface area contributed by atoms with Crippen LogP contribution in [0, 0.1) is 0 Å². The highest BCUT2D eigenvalue weighted by molar-refractivity contribution is 7.92. The Morgan fingerprint density at radius 3 is 2.57 bits per heavy atom. The van der Waals surface area contributed by atoms with Crippen molar-refractivity contribution in [1.29, 1.82) is 0 Å². The molecule has 0 unspecified atom stereocenters. The summed E-state index contributed by atoms with van der Waals surface area (Å²) in [5, 5.41) is 0.632. The Bertz CT molecular complexity index is 810. The molecule has 0 radical (unpaired) electrons. The van der Waals surface area contributed by atoms with E-state index in [2.05, 4.69) is 4.90 Å². The van der Waals surface area contributed by atoms with E-state index in [1.165, 1.54) is 4.31 Å². The van der Waals surface area contributed by atoms with E-state index in [-0.39, 0.29) is 17.5 Å². The van der Waals surface area contributed by atoms with E-state index in [0.717, 1.165) is 11.8 Å². The molecule has 2 fully saturated rings. The molecular formula is C14H19ClN2O4S2. The maximum absolute atomic E-state index is 12.1. The van der Waals surface area contributed by atoms with Gasteiger partial charge in [0.25, 0.3) is 0 Å². The van der Waals surface area contributed by atoms with Crippen molar-refractivity contribution in [3.63, 3.8) is 0 Å². The van der Waals surface area contributed by atoms with Crippen LogP contribution in [0.2, 0.25) is 5.02 Å². The number of halogens is 1. The summed E-state index contributed by atoms with van der Waals surface area (Å²) < 4.78 is 49.3. The molecule has 1 aromatic carbocycles. The molecule has 0 aromatic heterocycles. The fourth-order valence-corrected chi connectivity index (χ4v) is 6.91. The molecule has 2 aliphatic rings. The van der Waals surface area contributed by atoms with Crippen molar-refractivity contribution >= 4 is 31.5 Å². The molecule has 128 valence electrons.